The summed E-state index contributed by atoms with van der Waals surface area (Å²) in [5, 5.41) is 0.453. The summed E-state index contributed by atoms with van der Waals surface area (Å²) >= 11 is 0. The van der Waals surface area contributed by atoms with E-state index in [4.69, 9.17) is 9.72 Å². The van der Waals surface area contributed by atoms with Crippen LogP contribution in [0.4, 0.5) is 4.39 Å². The van der Waals surface area contributed by atoms with Crippen molar-refractivity contribution in [1.29, 1.82) is 0 Å². The lowest BCUT2D eigenvalue weighted by molar-refractivity contribution is 0.0678. The first-order valence-electron chi connectivity index (χ1n) is 11.7. The highest BCUT2D eigenvalue weighted by Gasteiger charge is 2.27. The van der Waals surface area contributed by atoms with E-state index in [1.165, 1.54) is 16.7 Å². The van der Waals surface area contributed by atoms with Crippen molar-refractivity contribution in [2.45, 2.75) is 32.7 Å². The number of rotatable bonds is 8. The largest absolute Gasteiger partial charge is 0.497 e. The quantitative estimate of drug-likeness (QED) is 0.337. The SMILES string of the molecule is CCCCN(C(=O)c1ccc(OC)cc1)C(C)c1nc2ccccc2c(=O)n1-c1ccc(F)cc1. The summed E-state index contributed by atoms with van der Waals surface area (Å²) in [5.74, 6) is 0.514. The lowest BCUT2D eigenvalue weighted by atomic mass is 10.1. The second-order valence-corrected chi connectivity index (χ2v) is 8.36. The van der Waals surface area contributed by atoms with Gasteiger partial charge in [0.25, 0.3) is 11.5 Å². The number of carbonyl (C=O) groups excluding carboxylic acids is 1. The van der Waals surface area contributed by atoms with Gasteiger partial charge in [-0.15, -0.1) is 0 Å². The Labute approximate surface area is 203 Å². The number of hydrogen-bond donors (Lipinski definition) is 0. The molecule has 0 saturated carbocycles. The highest BCUT2D eigenvalue weighted by Crippen LogP contribution is 2.25. The Morgan fingerprint density at radius 2 is 1.74 bits per heavy atom. The summed E-state index contributed by atoms with van der Waals surface area (Å²) in [6.45, 7) is 4.42. The summed E-state index contributed by atoms with van der Waals surface area (Å²) in [5.41, 5.74) is 1.29. The third-order valence-corrected chi connectivity index (χ3v) is 6.08. The molecular weight excluding hydrogens is 445 g/mol. The van der Waals surface area contributed by atoms with Crippen molar-refractivity contribution in [2.75, 3.05) is 13.7 Å². The number of halogens is 1. The van der Waals surface area contributed by atoms with Crippen LogP contribution in [0.15, 0.2) is 77.6 Å². The first-order chi connectivity index (χ1) is 16.9. The number of aromatic nitrogens is 2. The minimum Gasteiger partial charge on any atom is -0.497 e. The van der Waals surface area contributed by atoms with Crippen LogP contribution in [0.1, 0.15) is 48.9 Å². The van der Waals surface area contributed by atoms with Gasteiger partial charge in [-0.3, -0.25) is 14.2 Å². The van der Waals surface area contributed by atoms with Crippen molar-refractivity contribution in [3.63, 3.8) is 0 Å². The highest BCUT2D eigenvalue weighted by atomic mass is 19.1. The van der Waals surface area contributed by atoms with Crippen molar-refractivity contribution in [3.05, 3.63) is 100 Å². The number of unbranched alkanes of at least 4 members (excludes halogenated alkanes) is 1. The van der Waals surface area contributed by atoms with Gasteiger partial charge in [-0.05, 0) is 74.0 Å². The van der Waals surface area contributed by atoms with Crippen LogP contribution in [0, 0.1) is 5.82 Å². The second-order valence-electron chi connectivity index (χ2n) is 8.36. The fourth-order valence-corrected chi connectivity index (χ4v) is 4.11. The van der Waals surface area contributed by atoms with Gasteiger partial charge in [0.1, 0.15) is 17.4 Å². The van der Waals surface area contributed by atoms with Crippen LogP contribution in [0.3, 0.4) is 0 Å². The monoisotopic (exact) mass is 473 g/mol. The Balaban J connectivity index is 1.86. The van der Waals surface area contributed by atoms with E-state index in [-0.39, 0.29) is 11.5 Å². The summed E-state index contributed by atoms with van der Waals surface area (Å²) in [6.07, 6.45) is 1.69. The predicted octanol–water partition coefficient (Wildman–Crippen LogP) is 5.54. The number of nitrogens with zero attached hydrogens (tertiary/aromatic N) is 3. The van der Waals surface area contributed by atoms with Crippen molar-refractivity contribution < 1.29 is 13.9 Å². The Hall–Kier alpha value is -4.00. The number of methoxy groups -OCH3 is 1. The van der Waals surface area contributed by atoms with E-state index in [2.05, 4.69) is 6.92 Å². The molecule has 0 aliphatic rings. The van der Waals surface area contributed by atoms with E-state index in [1.807, 2.05) is 13.0 Å². The normalized spacial score (nSPS) is 11.9. The van der Waals surface area contributed by atoms with Crippen LogP contribution in [-0.2, 0) is 0 Å². The molecule has 0 radical (unpaired) electrons. The summed E-state index contributed by atoms with van der Waals surface area (Å²) in [7, 11) is 1.58. The molecule has 7 heteroatoms. The first-order valence-corrected chi connectivity index (χ1v) is 11.7. The predicted molar refractivity (Wildman–Crippen MR) is 135 cm³/mol. The number of benzene rings is 3. The van der Waals surface area contributed by atoms with E-state index in [0.717, 1.165) is 12.8 Å². The van der Waals surface area contributed by atoms with Crippen LogP contribution < -0.4 is 10.3 Å². The standard InChI is InChI=1S/C28H28FN3O3/c1-4-5-18-31(27(33)20-10-16-23(35-3)17-11-20)19(2)26-30-25-9-7-6-8-24(25)28(34)32(26)22-14-12-21(29)13-15-22/h6-17,19H,4-5,18H2,1-3H3. The summed E-state index contributed by atoms with van der Waals surface area (Å²) in [4.78, 5) is 33.8. The van der Waals surface area contributed by atoms with Crippen molar-refractivity contribution >= 4 is 16.8 Å². The van der Waals surface area contributed by atoms with Gasteiger partial charge in [0.05, 0.1) is 29.7 Å². The van der Waals surface area contributed by atoms with E-state index >= 15 is 0 Å². The molecule has 4 rings (SSSR count). The average molecular weight is 474 g/mol. The van der Waals surface area contributed by atoms with Gasteiger partial charge in [-0.1, -0.05) is 25.5 Å². The topological polar surface area (TPSA) is 64.4 Å². The van der Waals surface area contributed by atoms with Gasteiger partial charge >= 0.3 is 0 Å². The molecule has 1 amide bonds. The molecule has 1 unspecified atom stereocenters. The Kier molecular flexibility index (Phi) is 7.25. The number of amides is 1. The number of para-hydroxylation sites is 1. The van der Waals surface area contributed by atoms with Crippen LogP contribution >= 0.6 is 0 Å². The first kappa shape index (κ1) is 24.1. The summed E-state index contributed by atoms with van der Waals surface area (Å²) < 4.78 is 20.4. The molecule has 1 aromatic heterocycles. The molecule has 0 spiro atoms. The van der Waals surface area contributed by atoms with Gasteiger partial charge in [0, 0.05) is 12.1 Å². The zero-order valence-electron chi connectivity index (χ0n) is 20.1. The smallest absolute Gasteiger partial charge is 0.266 e. The molecule has 0 saturated heterocycles. The van der Waals surface area contributed by atoms with Crippen LogP contribution in [0.25, 0.3) is 16.6 Å². The molecule has 0 bridgehead atoms. The molecular formula is C28H28FN3O3. The zero-order valence-corrected chi connectivity index (χ0v) is 20.1. The number of carbonyl (C=O) groups is 1. The van der Waals surface area contributed by atoms with E-state index in [0.29, 0.717) is 40.3 Å². The maximum Gasteiger partial charge on any atom is 0.266 e. The molecule has 0 aliphatic heterocycles. The minimum absolute atomic E-state index is 0.165. The molecule has 0 N–H and O–H groups in total. The molecule has 180 valence electrons. The fourth-order valence-electron chi connectivity index (χ4n) is 4.11. The zero-order chi connectivity index (χ0) is 24.9. The molecule has 0 fully saturated rings. The Morgan fingerprint density at radius 3 is 2.40 bits per heavy atom. The lowest BCUT2D eigenvalue weighted by Crippen LogP contribution is -2.38. The molecule has 1 atom stereocenters. The van der Waals surface area contributed by atoms with E-state index in [9.17, 15) is 14.0 Å². The number of ether oxygens (including phenoxy) is 1. The molecule has 6 nitrogen and oxygen atoms in total. The molecule has 0 aliphatic carbocycles. The van der Waals surface area contributed by atoms with Gasteiger partial charge in [0.15, 0.2) is 0 Å². The number of hydrogen-bond acceptors (Lipinski definition) is 4. The Bertz CT molecular complexity index is 1380. The fraction of sp³-hybridized carbons (Fsp3) is 0.250. The van der Waals surface area contributed by atoms with Crippen molar-refractivity contribution in [2.24, 2.45) is 0 Å². The molecule has 35 heavy (non-hydrogen) atoms. The second kappa shape index (κ2) is 10.5. The van der Waals surface area contributed by atoms with Crippen molar-refractivity contribution in [1.82, 2.24) is 14.5 Å². The van der Waals surface area contributed by atoms with Gasteiger partial charge in [-0.2, -0.15) is 0 Å². The Morgan fingerprint density at radius 1 is 1.06 bits per heavy atom. The lowest BCUT2D eigenvalue weighted by Gasteiger charge is -2.30. The third-order valence-electron chi connectivity index (χ3n) is 6.08. The summed E-state index contributed by atoms with van der Waals surface area (Å²) in [6, 6.07) is 19.2. The average Bonchev–Trinajstić information content (AvgIpc) is 2.89. The van der Waals surface area contributed by atoms with E-state index < -0.39 is 11.9 Å². The van der Waals surface area contributed by atoms with Crippen LogP contribution in [0.5, 0.6) is 5.75 Å². The molecule has 3 aromatic carbocycles. The molecule has 1 heterocycles. The van der Waals surface area contributed by atoms with Gasteiger partial charge < -0.3 is 9.64 Å². The number of fused-ring (bicyclic) bond motifs is 1. The maximum absolute atomic E-state index is 13.7. The third kappa shape index (κ3) is 4.94. The van der Waals surface area contributed by atoms with Gasteiger partial charge in [-0.25, -0.2) is 9.37 Å². The van der Waals surface area contributed by atoms with Crippen LogP contribution in [-0.4, -0.2) is 34.0 Å². The van der Waals surface area contributed by atoms with Crippen LogP contribution in [0.2, 0.25) is 0 Å². The van der Waals surface area contributed by atoms with E-state index in [1.54, 1.807) is 66.6 Å². The molecule has 4 aromatic rings. The highest BCUT2D eigenvalue weighted by molar-refractivity contribution is 5.94. The minimum atomic E-state index is -0.529. The maximum atomic E-state index is 13.7. The van der Waals surface area contributed by atoms with Gasteiger partial charge in [0.2, 0.25) is 0 Å². The van der Waals surface area contributed by atoms with Crippen molar-refractivity contribution in [3.8, 4) is 11.4 Å².